The molecule has 0 spiro atoms. The van der Waals surface area contributed by atoms with E-state index in [1.54, 1.807) is 30.6 Å². The van der Waals surface area contributed by atoms with Crippen LogP contribution in [0.3, 0.4) is 0 Å². The minimum atomic E-state index is -4.60. The largest absolute Gasteiger partial charge is 0.434 e. The van der Waals surface area contributed by atoms with Crippen LogP contribution in [0.5, 0.6) is 0 Å². The average Bonchev–Trinajstić information content (AvgIpc) is 3.12. The highest BCUT2D eigenvalue weighted by Crippen LogP contribution is 2.27. The van der Waals surface area contributed by atoms with Gasteiger partial charge in [0, 0.05) is 23.3 Å². The van der Waals surface area contributed by atoms with E-state index in [-0.39, 0.29) is 11.5 Å². The number of nitrogens with zero attached hydrogens (tertiary/aromatic N) is 4. The van der Waals surface area contributed by atoms with Crippen molar-refractivity contribution in [3.8, 4) is 11.1 Å². The van der Waals surface area contributed by atoms with Gasteiger partial charge in [0.05, 0.1) is 17.9 Å². The van der Waals surface area contributed by atoms with Crippen molar-refractivity contribution in [2.45, 2.75) is 6.18 Å². The van der Waals surface area contributed by atoms with Crippen molar-refractivity contribution in [2.75, 3.05) is 5.32 Å². The molecule has 0 aliphatic heterocycles. The van der Waals surface area contributed by atoms with Gasteiger partial charge in [0.1, 0.15) is 0 Å². The first kappa shape index (κ1) is 17.6. The third-order valence-corrected chi connectivity index (χ3v) is 3.96. The van der Waals surface area contributed by atoms with Crippen molar-refractivity contribution in [2.24, 2.45) is 0 Å². The van der Waals surface area contributed by atoms with Gasteiger partial charge in [-0.2, -0.15) is 18.3 Å². The lowest BCUT2D eigenvalue weighted by molar-refractivity contribution is -0.141. The van der Waals surface area contributed by atoms with Gasteiger partial charge >= 0.3 is 6.18 Å². The number of amides is 1. The predicted octanol–water partition coefficient (Wildman–Crippen LogP) is 3.69. The first-order valence-corrected chi connectivity index (χ1v) is 8.01. The van der Waals surface area contributed by atoms with Crippen LogP contribution in [0, 0.1) is 0 Å². The number of nitrogens with one attached hydrogen (secondary N) is 2. The first-order valence-electron chi connectivity index (χ1n) is 8.01. The van der Waals surface area contributed by atoms with Gasteiger partial charge < -0.3 is 5.32 Å². The molecule has 0 fully saturated rings. The topological polar surface area (TPSA) is 96.5 Å². The molecule has 28 heavy (non-hydrogen) atoms. The molecule has 2 N–H and O–H groups in total. The number of fused-ring (bicyclic) bond motifs is 1. The Balaban J connectivity index is 1.62. The van der Waals surface area contributed by atoms with Gasteiger partial charge in [-0.1, -0.05) is 12.1 Å². The molecule has 7 nitrogen and oxygen atoms in total. The Kier molecular flexibility index (Phi) is 4.22. The predicted molar refractivity (Wildman–Crippen MR) is 94.3 cm³/mol. The zero-order chi connectivity index (χ0) is 19.7. The number of aromatic nitrogens is 5. The fourth-order valence-electron chi connectivity index (χ4n) is 2.61. The van der Waals surface area contributed by atoms with E-state index in [0.717, 1.165) is 17.3 Å². The molecule has 4 rings (SSSR count). The van der Waals surface area contributed by atoms with Crippen LogP contribution in [0.4, 0.5) is 19.0 Å². The van der Waals surface area contributed by atoms with Gasteiger partial charge in [-0.15, -0.1) is 0 Å². The molecule has 140 valence electrons. The van der Waals surface area contributed by atoms with Crippen LogP contribution in [0.1, 0.15) is 16.2 Å². The van der Waals surface area contributed by atoms with Crippen LogP contribution in [-0.4, -0.2) is 31.1 Å². The number of alkyl halides is 3. The second-order valence-corrected chi connectivity index (χ2v) is 5.81. The highest BCUT2D eigenvalue weighted by Gasteiger charge is 2.32. The molecule has 4 aromatic rings. The lowest BCUT2D eigenvalue weighted by Crippen LogP contribution is -2.15. The van der Waals surface area contributed by atoms with Crippen LogP contribution in [0.15, 0.2) is 55.1 Å². The summed E-state index contributed by atoms with van der Waals surface area (Å²) in [6.07, 6.45) is 0.148. The minimum Gasteiger partial charge on any atom is -0.304 e. The number of carbonyl (C=O) groups excluding carboxylic acids is 1. The molecule has 0 aliphatic rings. The molecule has 1 amide bonds. The van der Waals surface area contributed by atoms with E-state index in [9.17, 15) is 18.0 Å². The van der Waals surface area contributed by atoms with E-state index >= 15 is 0 Å². The summed E-state index contributed by atoms with van der Waals surface area (Å²) in [5.74, 6) is -0.735. The Hall–Kier alpha value is -3.82. The van der Waals surface area contributed by atoms with Gasteiger partial charge in [0.2, 0.25) is 0 Å². The number of hydrogen-bond acceptors (Lipinski definition) is 5. The van der Waals surface area contributed by atoms with Crippen LogP contribution in [-0.2, 0) is 6.18 Å². The van der Waals surface area contributed by atoms with Crippen molar-refractivity contribution in [1.82, 2.24) is 25.1 Å². The van der Waals surface area contributed by atoms with E-state index in [1.807, 2.05) is 12.1 Å². The smallest absolute Gasteiger partial charge is 0.304 e. The van der Waals surface area contributed by atoms with Crippen molar-refractivity contribution < 1.29 is 18.0 Å². The fraction of sp³-hybridized carbons (Fsp3) is 0.0556. The molecule has 3 aromatic heterocycles. The highest BCUT2D eigenvalue weighted by molar-refractivity contribution is 6.11. The Morgan fingerprint density at radius 2 is 1.89 bits per heavy atom. The lowest BCUT2D eigenvalue weighted by Gasteiger charge is -2.06. The fourth-order valence-corrected chi connectivity index (χ4v) is 2.61. The number of aromatic amines is 1. The van der Waals surface area contributed by atoms with E-state index in [4.69, 9.17) is 0 Å². The molecule has 0 atom stereocenters. The summed E-state index contributed by atoms with van der Waals surface area (Å²) >= 11 is 0. The number of carbonyl (C=O) groups is 1. The van der Waals surface area contributed by atoms with Crippen LogP contribution in [0.25, 0.3) is 22.0 Å². The molecular formula is C18H11F3N6O. The number of pyridine rings is 1. The minimum absolute atomic E-state index is 0.0856. The number of hydrogen-bond donors (Lipinski definition) is 2. The lowest BCUT2D eigenvalue weighted by atomic mass is 10.0. The second-order valence-electron chi connectivity index (χ2n) is 5.81. The molecule has 0 bridgehead atoms. The molecule has 3 heterocycles. The quantitative estimate of drug-likeness (QED) is 0.562. The Bertz CT molecular complexity index is 1140. The SMILES string of the molecule is O=C(Nc1cnc(C(F)(F)F)cn1)c1n[nH]c2ccc(-c3cccnc3)cc12. The summed E-state index contributed by atoms with van der Waals surface area (Å²) < 4.78 is 37.6. The Morgan fingerprint density at radius 1 is 1.04 bits per heavy atom. The maximum Gasteiger partial charge on any atom is 0.434 e. The Labute approximate surface area is 155 Å². The molecule has 0 aliphatic carbocycles. The normalized spacial score (nSPS) is 11.5. The monoisotopic (exact) mass is 384 g/mol. The maximum absolute atomic E-state index is 12.5. The van der Waals surface area contributed by atoms with Gasteiger partial charge in [0.15, 0.2) is 17.2 Å². The highest BCUT2D eigenvalue weighted by atomic mass is 19.4. The van der Waals surface area contributed by atoms with E-state index in [0.29, 0.717) is 17.1 Å². The molecule has 0 saturated heterocycles. The van der Waals surface area contributed by atoms with Crippen molar-refractivity contribution >= 4 is 22.6 Å². The van der Waals surface area contributed by atoms with Gasteiger partial charge in [0.25, 0.3) is 5.91 Å². The van der Waals surface area contributed by atoms with E-state index < -0.39 is 17.8 Å². The second kappa shape index (κ2) is 6.72. The molecule has 0 unspecified atom stereocenters. The van der Waals surface area contributed by atoms with Gasteiger partial charge in [-0.25, -0.2) is 9.97 Å². The zero-order valence-corrected chi connectivity index (χ0v) is 14.0. The van der Waals surface area contributed by atoms with Gasteiger partial charge in [-0.3, -0.25) is 14.9 Å². The molecule has 10 heteroatoms. The number of rotatable bonds is 3. The summed E-state index contributed by atoms with van der Waals surface area (Å²) in [6, 6.07) is 9.10. The van der Waals surface area contributed by atoms with Crippen LogP contribution < -0.4 is 5.32 Å². The van der Waals surface area contributed by atoms with Crippen molar-refractivity contribution in [1.29, 1.82) is 0 Å². The summed E-state index contributed by atoms with van der Waals surface area (Å²) in [5, 5.41) is 9.71. The molecule has 0 radical (unpaired) electrons. The number of H-pyrrole nitrogens is 1. The average molecular weight is 384 g/mol. The molecule has 0 saturated carbocycles. The summed E-state index contributed by atoms with van der Waals surface area (Å²) in [5.41, 5.74) is 1.28. The van der Waals surface area contributed by atoms with E-state index in [1.165, 1.54) is 0 Å². The van der Waals surface area contributed by atoms with Gasteiger partial charge in [-0.05, 0) is 23.8 Å². The standard InChI is InChI=1S/C18H11F3N6O/c19-18(20,21)14-8-24-15(9-23-14)25-17(28)16-12-6-10(3-4-13(12)26-27-16)11-2-1-5-22-7-11/h1-9H,(H,26,27)(H,24,25,28). The third-order valence-electron chi connectivity index (χ3n) is 3.96. The van der Waals surface area contributed by atoms with Crippen LogP contribution >= 0.6 is 0 Å². The number of anilines is 1. The third kappa shape index (κ3) is 3.39. The van der Waals surface area contributed by atoms with Crippen molar-refractivity contribution in [3.63, 3.8) is 0 Å². The number of halogens is 3. The molecular weight excluding hydrogens is 373 g/mol. The summed E-state index contributed by atoms with van der Waals surface area (Å²) in [4.78, 5) is 23.4. The van der Waals surface area contributed by atoms with Crippen molar-refractivity contribution in [3.05, 3.63) is 66.5 Å². The summed E-state index contributed by atoms with van der Waals surface area (Å²) in [6.45, 7) is 0. The zero-order valence-electron chi connectivity index (χ0n) is 14.0. The molecule has 1 aromatic carbocycles. The number of benzene rings is 1. The van der Waals surface area contributed by atoms with E-state index in [2.05, 4.69) is 30.5 Å². The Morgan fingerprint density at radius 3 is 2.57 bits per heavy atom. The first-order chi connectivity index (χ1) is 13.4. The maximum atomic E-state index is 12.5. The summed E-state index contributed by atoms with van der Waals surface area (Å²) in [7, 11) is 0. The van der Waals surface area contributed by atoms with Crippen LogP contribution in [0.2, 0.25) is 0 Å².